The second kappa shape index (κ2) is 15.7. The Kier molecular flexibility index (Phi) is 11.8. The molecule has 5 heteroatoms. The van der Waals surface area contributed by atoms with Gasteiger partial charge < -0.3 is 14.5 Å². The molecule has 3 aromatic carbocycles. The fourth-order valence-corrected chi connectivity index (χ4v) is 5.76. The van der Waals surface area contributed by atoms with Gasteiger partial charge in [-0.15, -0.1) is 0 Å². The van der Waals surface area contributed by atoms with Crippen LogP contribution < -0.4 is 4.74 Å². The maximum Gasteiger partial charge on any atom is 0.254 e. The van der Waals surface area contributed by atoms with E-state index in [0.717, 1.165) is 50.0 Å². The van der Waals surface area contributed by atoms with Gasteiger partial charge in [0.2, 0.25) is 0 Å². The lowest BCUT2D eigenvalue weighted by Crippen LogP contribution is -2.47. The first-order valence-corrected chi connectivity index (χ1v) is 15.8. The highest BCUT2D eigenvalue weighted by molar-refractivity contribution is 6.09. The minimum absolute atomic E-state index is 0.0502. The summed E-state index contributed by atoms with van der Waals surface area (Å²) >= 11 is 0. The number of benzene rings is 3. The van der Waals surface area contributed by atoms with E-state index in [4.69, 9.17) is 4.74 Å². The van der Waals surface area contributed by atoms with Gasteiger partial charge in [-0.05, 0) is 86.0 Å². The Morgan fingerprint density at radius 1 is 0.881 bits per heavy atom. The summed E-state index contributed by atoms with van der Waals surface area (Å²) in [5, 5.41) is 0. The van der Waals surface area contributed by atoms with E-state index >= 15 is 0 Å². The molecule has 1 heterocycles. The zero-order chi connectivity index (χ0) is 29.9. The highest BCUT2D eigenvalue weighted by Crippen LogP contribution is 2.24. The van der Waals surface area contributed by atoms with E-state index in [1.165, 1.54) is 31.2 Å². The molecule has 1 saturated heterocycles. The number of rotatable bonds is 14. The molecular weight excluding hydrogens is 520 g/mol. The smallest absolute Gasteiger partial charge is 0.254 e. The van der Waals surface area contributed by atoms with Crippen molar-refractivity contribution in [1.29, 1.82) is 0 Å². The first-order chi connectivity index (χ1) is 20.4. The Morgan fingerprint density at radius 3 is 2.24 bits per heavy atom. The number of piperidine rings is 1. The summed E-state index contributed by atoms with van der Waals surface area (Å²) in [6.45, 7) is 10.4. The summed E-state index contributed by atoms with van der Waals surface area (Å²) in [7, 11) is 1.60. The molecule has 224 valence electrons. The maximum absolute atomic E-state index is 14.1. The van der Waals surface area contributed by atoms with Gasteiger partial charge in [-0.3, -0.25) is 9.59 Å². The van der Waals surface area contributed by atoms with Crippen molar-refractivity contribution in [3.05, 3.63) is 101 Å². The second-order valence-corrected chi connectivity index (χ2v) is 12.1. The van der Waals surface area contributed by atoms with Gasteiger partial charge in [0.1, 0.15) is 5.75 Å². The Bertz CT molecular complexity index is 1290. The van der Waals surface area contributed by atoms with Crippen molar-refractivity contribution < 1.29 is 14.3 Å². The number of methoxy groups -OCH3 is 1. The summed E-state index contributed by atoms with van der Waals surface area (Å²) in [5.41, 5.74) is 4.20. The minimum atomic E-state index is -0.0502. The molecule has 0 bridgehead atoms. The molecule has 3 aromatic rings. The third-order valence-corrected chi connectivity index (χ3v) is 8.43. The van der Waals surface area contributed by atoms with Crippen molar-refractivity contribution >= 4 is 11.7 Å². The SMILES string of the molecule is CCCCCc1ccc(C(=O)N(Cc2cccc(C(=O)c3cccc(OC)c3)c2)C2CCN(CCC(C)C)CC2)cc1. The van der Waals surface area contributed by atoms with Crippen LogP contribution in [0, 0.1) is 5.92 Å². The summed E-state index contributed by atoms with van der Waals surface area (Å²) < 4.78 is 5.32. The lowest BCUT2D eigenvalue weighted by atomic mass is 9.98. The van der Waals surface area contributed by atoms with Crippen molar-refractivity contribution in [3.8, 4) is 5.75 Å². The van der Waals surface area contributed by atoms with Gasteiger partial charge in [0, 0.05) is 42.4 Å². The van der Waals surface area contributed by atoms with Crippen LogP contribution in [0.25, 0.3) is 0 Å². The van der Waals surface area contributed by atoms with Gasteiger partial charge >= 0.3 is 0 Å². The molecule has 1 amide bonds. The number of carbonyl (C=O) groups excluding carboxylic acids is 2. The van der Waals surface area contributed by atoms with Crippen molar-refractivity contribution in [2.24, 2.45) is 5.92 Å². The van der Waals surface area contributed by atoms with Gasteiger partial charge in [-0.1, -0.05) is 76.1 Å². The van der Waals surface area contributed by atoms with Crippen LogP contribution in [-0.2, 0) is 13.0 Å². The van der Waals surface area contributed by atoms with E-state index in [-0.39, 0.29) is 17.7 Å². The van der Waals surface area contributed by atoms with Gasteiger partial charge in [0.15, 0.2) is 5.78 Å². The largest absolute Gasteiger partial charge is 0.497 e. The first-order valence-electron chi connectivity index (χ1n) is 15.8. The number of carbonyl (C=O) groups is 2. The molecule has 4 rings (SSSR count). The van der Waals surface area contributed by atoms with E-state index in [1.54, 1.807) is 13.2 Å². The number of aryl methyl sites for hydroxylation is 1. The van der Waals surface area contributed by atoms with E-state index in [1.807, 2.05) is 54.6 Å². The number of likely N-dealkylation sites (tertiary alicyclic amines) is 1. The lowest BCUT2D eigenvalue weighted by molar-refractivity contribution is 0.0546. The van der Waals surface area contributed by atoms with Gasteiger partial charge in [0.05, 0.1) is 7.11 Å². The molecule has 1 aliphatic rings. The second-order valence-electron chi connectivity index (χ2n) is 12.1. The molecule has 0 atom stereocenters. The van der Waals surface area contributed by atoms with Crippen LogP contribution in [0.5, 0.6) is 5.75 Å². The number of amides is 1. The molecule has 0 radical (unpaired) electrons. The Balaban J connectivity index is 1.53. The van der Waals surface area contributed by atoms with Gasteiger partial charge in [0.25, 0.3) is 5.91 Å². The minimum Gasteiger partial charge on any atom is -0.497 e. The van der Waals surface area contributed by atoms with Crippen LogP contribution >= 0.6 is 0 Å². The van der Waals surface area contributed by atoms with Crippen molar-refractivity contribution in [2.45, 2.75) is 78.3 Å². The van der Waals surface area contributed by atoms with Crippen LogP contribution in [-0.4, -0.2) is 54.3 Å². The predicted octanol–water partition coefficient (Wildman–Crippen LogP) is 7.81. The topological polar surface area (TPSA) is 49.9 Å². The Labute approximate surface area is 252 Å². The molecule has 0 N–H and O–H groups in total. The van der Waals surface area contributed by atoms with Gasteiger partial charge in [-0.2, -0.15) is 0 Å². The summed E-state index contributed by atoms with van der Waals surface area (Å²) in [4.78, 5) is 32.0. The quantitative estimate of drug-likeness (QED) is 0.147. The number of hydrogen-bond donors (Lipinski definition) is 0. The molecule has 1 aliphatic heterocycles. The summed E-state index contributed by atoms with van der Waals surface area (Å²) in [6, 6.07) is 23.4. The Morgan fingerprint density at radius 2 is 1.57 bits per heavy atom. The zero-order valence-electron chi connectivity index (χ0n) is 26.0. The number of ether oxygens (including phenoxy) is 1. The van der Waals surface area contributed by atoms with Crippen LogP contribution in [0.2, 0.25) is 0 Å². The van der Waals surface area contributed by atoms with Gasteiger partial charge in [-0.25, -0.2) is 0 Å². The zero-order valence-corrected chi connectivity index (χ0v) is 26.0. The van der Waals surface area contributed by atoms with Crippen LogP contribution in [0.4, 0.5) is 0 Å². The highest BCUT2D eigenvalue weighted by atomic mass is 16.5. The van der Waals surface area contributed by atoms with E-state index < -0.39 is 0 Å². The van der Waals surface area contributed by atoms with Crippen LogP contribution in [0.15, 0.2) is 72.8 Å². The number of nitrogens with zero attached hydrogens (tertiary/aromatic N) is 2. The first kappa shape index (κ1) is 31.5. The number of hydrogen-bond acceptors (Lipinski definition) is 4. The molecule has 0 unspecified atom stereocenters. The average molecular weight is 569 g/mol. The predicted molar refractivity (Wildman–Crippen MR) is 171 cm³/mol. The summed E-state index contributed by atoms with van der Waals surface area (Å²) in [5.74, 6) is 1.37. The lowest BCUT2D eigenvalue weighted by Gasteiger charge is -2.39. The maximum atomic E-state index is 14.1. The third kappa shape index (κ3) is 8.78. The standard InChI is InChI=1S/C37H48N2O3/c1-5-6-7-10-29-15-17-31(18-16-29)37(41)39(34-20-23-38(24-21-34)22-19-28(2)3)27-30-11-8-12-32(25-30)36(40)33-13-9-14-35(26-33)42-4/h8-9,11-18,25-26,28,34H,5-7,10,19-24,27H2,1-4H3. The van der Waals surface area contributed by atoms with E-state index in [0.29, 0.717) is 29.3 Å². The average Bonchev–Trinajstić information content (AvgIpc) is 3.03. The monoisotopic (exact) mass is 568 g/mol. The fraction of sp³-hybridized carbons (Fsp3) is 0.459. The molecule has 0 aromatic heterocycles. The van der Waals surface area contributed by atoms with E-state index in [9.17, 15) is 9.59 Å². The van der Waals surface area contributed by atoms with Crippen molar-refractivity contribution in [3.63, 3.8) is 0 Å². The highest BCUT2D eigenvalue weighted by Gasteiger charge is 2.29. The van der Waals surface area contributed by atoms with E-state index in [2.05, 4.69) is 42.7 Å². The molecule has 0 saturated carbocycles. The molecule has 5 nitrogen and oxygen atoms in total. The molecule has 0 aliphatic carbocycles. The van der Waals surface area contributed by atoms with Crippen molar-refractivity contribution in [2.75, 3.05) is 26.7 Å². The third-order valence-electron chi connectivity index (χ3n) is 8.43. The fourth-order valence-electron chi connectivity index (χ4n) is 5.76. The summed E-state index contributed by atoms with van der Waals surface area (Å²) in [6.07, 6.45) is 7.78. The number of unbranched alkanes of at least 4 members (excludes halogenated alkanes) is 2. The normalized spacial score (nSPS) is 14.2. The molecular formula is C37H48N2O3. The molecule has 1 fully saturated rings. The molecule has 0 spiro atoms. The number of ketones is 1. The van der Waals surface area contributed by atoms with Crippen molar-refractivity contribution in [1.82, 2.24) is 9.80 Å². The van der Waals surface area contributed by atoms with Crippen LogP contribution in [0.1, 0.15) is 96.7 Å². The Hall–Kier alpha value is -3.44. The molecule has 42 heavy (non-hydrogen) atoms. The van der Waals surface area contributed by atoms with Crippen LogP contribution in [0.3, 0.4) is 0 Å².